The summed E-state index contributed by atoms with van der Waals surface area (Å²) in [5, 5.41) is 21.9. The van der Waals surface area contributed by atoms with Crippen LogP contribution < -0.4 is 5.32 Å². The highest BCUT2D eigenvalue weighted by Gasteiger charge is 2.10. The molecule has 1 atom stereocenters. The van der Waals surface area contributed by atoms with E-state index in [2.05, 4.69) is 5.32 Å². The van der Waals surface area contributed by atoms with Crippen LogP contribution in [0.3, 0.4) is 0 Å². The number of benzene rings is 1. The monoisotopic (exact) mass is 268 g/mol. The second-order valence-corrected chi connectivity index (χ2v) is 3.93. The number of nitro groups is 1. The van der Waals surface area contributed by atoms with Gasteiger partial charge in [-0.15, -0.1) is 0 Å². The maximum Gasteiger partial charge on any atom is 0.407 e. The number of aliphatic hydroxyl groups is 1. The molecule has 0 spiro atoms. The fourth-order valence-corrected chi connectivity index (χ4v) is 1.35. The van der Waals surface area contributed by atoms with Crippen molar-refractivity contribution in [3.8, 4) is 0 Å². The highest BCUT2D eigenvalue weighted by atomic mass is 16.6. The summed E-state index contributed by atoms with van der Waals surface area (Å²) in [7, 11) is 0. The molecule has 1 aromatic carbocycles. The Bertz CT molecular complexity index is 428. The van der Waals surface area contributed by atoms with E-state index in [4.69, 9.17) is 9.84 Å². The van der Waals surface area contributed by atoms with Crippen molar-refractivity contribution >= 4 is 11.8 Å². The van der Waals surface area contributed by atoms with Crippen molar-refractivity contribution in [2.45, 2.75) is 26.0 Å². The van der Waals surface area contributed by atoms with Gasteiger partial charge >= 0.3 is 6.09 Å². The van der Waals surface area contributed by atoms with Gasteiger partial charge in [-0.2, -0.15) is 0 Å². The Labute approximate surface area is 110 Å². The van der Waals surface area contributed by atoms with Crippen LogP contribution in [0.4, 0.5) is 10.5 Å². The molecule has 0 aromatic heterocycles. The molecule has 104 valence electrons. The molecule has 0 aliphatic rings. The lowest BCUT2D eigenvalue weighted by Crippen LogP contribution is -2.37. The van der Waals surface area contributed by atoms with Crippen molar-refractivity contribution in [1.29, 1.82) is 0 Å². The summed E-state index contributed by atoms with van der Waals surface area (Å²) in [6, 6.07) is 5.41. The van der Waals surface area contributed by atoms with Crippen LogP contribution in [0.5, 0.6) is 0 Å². The largest absolute Gasteiger partial charge is 0.445 e. The van der Waals surface area contributed by atoms with Crippen LogP contribution in [0.15, 0.2) is 24.3 Å². The number of aliphatic hydroxyl groups excluding tert-OH is 1. The number of carbonyl (C=O) groups excluding carboxylic acids is 1. The van der Waals surface area contributed by atoms with Gasteiger partial charge in [0.1, 0.15) is 6.61 Å². The van der Waals surface area contributed by atoms with E-state index in [-0.39, 0.29) is 24.9 Å². The Morgan fingerprint density at radius 2 is 2.11 bits per heavy atom. The number of hydrogen-bond donors (Lipinski definition) is 2. The number of hydrogen-bond acceptors (Lipinski definition) is 5. The number of ether oxygens (including phenoxy) is 1. The van der Waals surface area contributed by atoms with Gasteiger partial charge in [0.15, 0.2) is 0 Å². The van der Waals surface area contributed by atoms with Gasteiger partial charge in [-0.3, -0.25) is 10.1 Å². The lowest BCUT2D eigenvalue weighted by atomic mass is 10.2. The topological polar surface area (TPSA) is 102 Å². The Balaban J connectivity index is 2.43. The molecule has 0 radical (unpaired) electrons. The van der Waals surface area contributed by atoms with Crippen LogP contribution in [0.25, 0.3) is 0 Å². The average molecular weight is 268 g/mol. The third-order valence-electron chi connectivity index (χ3n) is 2.55. The predicted molar refractivity (Wildman–Crippen MR) is 67.6 cm³/mol. The number of carbonyl (C=O) groups is 1. The number of nitro benzene ring substituents is 1. The van der Waals surface area contributed by atoms with Gasteiger partial charge in [-0.1, -0.05) is 6.92 Å². The zero-order valence-corrected chi connectivity index (χ0v) is 10.5. The molecule has 7 heteroatoms. The van der Waals surface area contributed by atoms with Crippen LogP contribution in [0, 0.1) is 10.1 Å². The van der Waals surface area contributed by atoms with E-state index in [1.807, 2.05) is 6.92 Å². The van der Waals surface area contributed by atoms with Gasteiger partial charge in [-0.25, -0.2) is 4.79 Å². The Kier molecular flexibility index (Phi) is 5.74. The van der Waals surface area contributed by atoms with Gasteiger partial charge in [0.05, 0.1) is 17.6 Å². The molecule has 1 amide bonds. The first-order valence-corrected chi connectivity index (χ1v) is 5.84. The summed E-state index contributed by atoms with van der Waals surface area (Å²) in [6.45, 7) is 1.70. The number of rotatable bonds is 6. The molecular formula is C12H16N2O5. The van der Waals surface area contributed by atoms with Gasteiger partial charge in [0.25, 0.3) is 5.69 Å². The van der Waals surface area contributed by atoms with Crippen molar-refractivity contribution in [2.24, 2.45) is 0 Å². The van der Waals surface area contributed by atoms with Crippen molar-refractivity contribution in [3.05, 3.63) is 39.9 Å². The second kappa shape index (κ2) is 7.32. The second-order valence-electron chi connectivity index (χ2n) is 3.93. The molecule has 0 heterocycles. The molecule has 1 rings (SSSR count). The average Bonchev–Trinajstić information content (AvgIpc) is 2.43. The fraction of sp³-hybridized carbons (Fsp3) is 0.417. The zero-order valence-electron chi connectivity index (χ0n) is 10.5. The Morgan fingerprint density at radius 3 is 2.58 bits per heavy atom. The zero-order chi connectivity index (χ0) is 14.3. The summed E-state index contributed by atoms with van der Waals surface area (Å²) >= 11 is 0. The summed E-state index contributed by atoms with van der Waals surface area (Å²) in [6.07, 6.45) is -0.0254. The molecule has 0 aliphatic carbocycles. The molecule has 2 N–H and O–H groups in total. The first-order valence-electron chi connectivity index (χ1n) is 5.84. The molecule has 1 aromatic rings. The van der Waals surface area contributed by atoms with E-state index >= 15 is 0 Å². The van der Waals surface area contributed by atoms with E-state index in [1.54, 1.807) is 0 Å². The molecule has 19 heavy (non-hydrogen) atoms. The van der Waals surface area contributed by atoms with E-state index in [9.17, 15) is 14.9 Å². The molecule has 7 nitrogen and oxygen atoms in total. The molecule has 0 saturated heterocycles. The van der Waals surface area contributed by atoms with Gasteiger partial charge < -0.3 is 15.2 Å². The van der Waals surface area contributed by atoms with Crippen molar-refractivity contribution < 1.29 is 19.6 Å². The van der Waals surface area contributed by atoms with E-state index < -0.39 is 11.0 Å². The highest BCUT2D eigenvalue weighted by Crippen LogP contribution is 2.12. The smallest absolute Gasteiger partial charge is 0.407 e. The summed E-state index contributed by atoms with van der Waals surface area (Å²) in [5.74, 6) is 0. The van der Waals surface area contributed by atoms with Crippen LogP contribution >= 0.6 is 0 Å². The lowest BCUT2D eigenvalue weighted by molar-refractivity contribution is -0.384. The number of nitrogens with one attached hydrogen (secondary N) is 1. The predicted octanol–water partition coefficient (Wildman–Crippen LogP) is 1.59. The van der Waals surface area contributed by atoms with Gasteiger partial charge in [0, 0.05) is 12.1 Å². The minimum absolute atomic E-state index is 0.0143. The van der Waals surface area contributed by atoms with Crippen molar-refractivity contribution in [3.63, 3.8) is 0 Å². The van der Waals surface area contributed by atoms with E-state index in [1.165, 1.54) is 24.3 Å². The maximum absolute atomic E-state index is 11.4. The first kappa shape index (κ1) is 14.9. The van der Waals surface area contributed by atoms with Gasteiger partial charge in [0.2, 0.25) is 0 Å². The van der Waals surface area contributed by atoms with E-state index in [0.717, 1.165) is 0 Å². The first-order chi connectivity index (χ1) is 9.06. The molecule has 0 bridgehead atoms. The normalized spacial score (nSPS) is 11.7. The Morgan fingerprint density at radius 1 is 1.47 bits per heavy atom. The van der Waals surface area contributed by atoms with Crippen LogP contribution in [0.1, 0.15) is 18.9 Å². The SMILES string of the molecule is CC[C@H](CO)NC(=O)OCc1ccc([N+](=O)[O-])cc1. The van der Waals surface area contributed by atoms with Crippen LogP contribution in [0.2, 0.25) is 0 Å². The molecule has 0 unspecified atom stereocenters. The number of amides is 1. The van der Waals surface area contributed by atoms with E-state index in [0.29, 0.717) is 12.0 Å². The summed E-state index contributed by atoms with van der Waals surface area (Å²) < 4.78 is 4.93. The Hall–Kier alpha value is -2.15. The van der Waals surface area contributed by atoms with Crippen LogP contribution in [-0.4, -0.2) is 28.8 Å². The minimum atomic E-state index is -0.626. The third-order valence-corrected chi connectivity index (χ3v) is 2.55. The van der Waals surface area contributed by atoms with Crippen LogP contribution in [-0.2, 0) is 11.3 Å². The molecular weight excluding hydrogens is 252 g/mol. The lowest BCUT2D eigenvalue weighted by Gasteiger charge is -2.13. The van der Waals surface area contributed by atoms with Crippen molar-refractivity contribution in [1.82, 2.24) is 5.32 Å². The summed E-state index contributed by atoms with van der Waals surface area (Å²) in [5.41, 5.74) is 0.636. The standard InChI is InChI=1S/C12H16N2O5/c1-2-10(7-15)13-12(16)19-8-9-3-5-11(6-4-9)14(17)18/h3-6,10,15H,2,7-8H2,1H3,(H,13,16)/t10-/m1/s1. The number of alkyl carbamates (subject to hydrolysis) is 1. The minimum Gasteiger partial charge on any atom is -0.445 e. The van der Waals surface area contributed by atoms with Gasteiger partial charge in [-0.05, 0) is 24.1 Å². The highest BCUT2D eigenvalue weighted by molar-refractivity contribution is 5.67. The fourth-order valence-electron chi connectivity index (χ4n) is 1.35. The maximum atomic E-state index is 11.4. The third kappa shape index (κ3) is 4.92. The number of non-ortho nitro benzene ring substituents is 1. The quantitative estimate of drug-likeness (QED) is 0.602. The molecule has 0 fully saturated rings. The summed E-state index contributed by atoms with van der Waals surface area (Å²) in [4.78, 5) is 21.3. The van der Waals surface area contributed by atoms with Crippen molar-refractivity contribution in [2.75, 3.05) is 6.61 Å². The molecule has 0 aliphatic heterocycles. The molecule has 0 saturated carbocycles. The number of nitrogens with zero attached hydrogens (tertiary/aromatic N) is 1.